The van der Waals surface area contributed by atoms with Crippen molar-refractivity contribution >= 4 is 11.8 Å². The zero-order chi connectivity index (χ0) is 14.9. The topological polar surface area (TPSA) is 75.4 Å². The number of rotatable bonds is 4. The molecule has 6 heteroatoms. The zero-order valence-corrected chi connectivity index (χ0v) is 12.2. The summed E-state index contributed by atoms with van der Waals surface area (Å²) >= 11 is 0. The van der Waals surface area contributed by atoms with Crippen molar-refractivity contribution in [2.45, 2.75) is 39.7 Å². The zero-order valence-electron chi connectivity index (χ0n) is 12.2. The van der Waals surface area contributed by atoms with E-state index in [0.717, 1.165) is 0 Å². The number of carboxylic acids is 1. The molecule has 1 aliphatic heterocycles. The summed E-state index contributed by atoms with van der Waals surface area (Å²) in [5.41, 5.74) is -0.910. The monoisotopic (exact) mass is 279 g/mol. The molecule has 0 bridgehead atoms. The lowest BCUT2D eigenvalue weighted by atomic mass is 9.84. The van der Waals surface area contributed by atoms with Crippen LogP contribution in [0.2, 0.25) is 0 Å². The Balaban J connectivity index is 2.34. The number of aromatic nitrogens is 2. The highest BCUT2D eigenvalue weighted by Crippen LogP contribution is 2.35. The second-order valence-corrected chi connectivity index (χ2v) is 5.67. The molecule has 1 saturated heterocycles. The normalized spacial score (nSPS) is 22.5. The fourth-order valence-corrected chi connectivity index (χ4v) is 2.71. The summed E-state index contributed by atoms with van der Waals surface area (Å²) in [4.78, 5) is 29.8. The molecule has 1 aromatic rings. The lowest BCUT2D eigenvalue weighted by molar-refractivity contribution is -0.147. The molecular formula is C14H21N3O3. The highest BCUT2D eigenvalue weighted by molar-refractivity contribution is 5.76. The van der Waals surface area contributed by atoms with Crippen molar-refractivity contribution < 1.29 is 9.90 Å². The van der Waals surface area contributed by atoms with Crippen molar-refractivity contribution in [2.75, 3.05) is 18.0 Å². The summed E-state index contributed by atoms with van der Waals surface area (Å²) in [5, 5.41) is 9.41. The summed E-state index contributed by atoms with van der Waals surface area (Å²) < 4.78 is 1.62. The van der Waals surface area contributed by atoms with Crippen molar-refractivity contribution in [2.24, 2.45) is 5.41 Å². The van der Waals surface area contributed by atoms with Crippen molar-refractivity contribution in [3.05, 3.63) is 22.7 Å². The molecular weight excluding hydrogens is 258 g/mol. The van der Waals surface area contributed by atoms with Gasteiger partial charge in [-0.3, -0.25) is 9.59 Å². The molecule has 1 aromatic heterocycles. The third-order valence-electron chi connectivity index (χ3n) is 4.19. The van der Waals surface area contributed by atoms with Gasteiger partial charge in [0, 0.05) is 31.5 Å². The molecule has 0 aliphatic carbocycles. The molecule has 2 rings (SSSR count). The van der Waals surface area contributed by atoms with E-state index in [1.54, 1.807) is 21.9 Å². The van der Waals surface area contributed by atoms with E-state index in [9.17, 15) is 14.7 Å². The maximum Gasteiger partial charge on any atom is 0.311 e. The first-order valence-electron chi connectivity index (χ1n) is 6.97. The molecule has 0 amide bonds. The van der Waals surface area contributed by atoms with Crippen molar-refractivity contribution in [1.82, 2.24) is 9.55 Å². The van der Waals surface area contributed by atoms with E-state index in [1.165, 1.54) is 0 Å². The van der Waals surface area contributed by atoms with Gasteiger partial charge in [0.15, 0.2) is 5.82 Å². The van der Waals surface area contributed by atoms with Gasteiger partial charge in [-0.2, -0.15) is 0 Å². The first-order chi connectivity index (χ1) is 9.41. The van der Waals surface area contributed by atoms with Crippen LogP contribution >= 0.6 is 0 Å². The van der Waals surface area contributed by atoms with E-state index in [4.69, 9.17) is 0 Å². The summed E-state index contributed by atoms with van der Waals surface area (Å²) in [6, 6.07) is 0.0576. The van der Waals surface area contributed by atoms with E-state index >= 15 is 0 Å². The average molecular weight is 279 g/mol. The molecule has 2 heterocycles. The van der Waals surface area contributed by atoms with Gasteiger partial charge in [0.2, 0.25) is 0 Å². The smallest absolute Gasteiger partial charge is 0.311 e. The Labute approximate surface area is 118 Å². The van der Waals surface area contributed by atoms with Crippen LogP contribution in [-0.4, -0.2) is 33.7 Å². The van der Waals surface area contributed by atoms with Gasteiger partial charge in [-0.25, -0.2) is 4.98 Å². The number of hydrogen-bond acceptors (Lipinski definition) is 4. The summed E-state index contributed by atoms with van der Waals surface area (Å²) in [6.45, 7) is 6.65. The Morgan fingerprint density at radius 3 is 2.75 bits per heavy atom. The van der Waals surface area contributed by atoms with Crippen LogP contribution in [0.3, 0.4) is 0 Å². The van der Waals surface area contributed by atoms with Crippen LogP contribution in [0.15, 0.2) is 17.2 Å². The first-order valence-corrected chi connectivity index (χ1v) is 6.97. The van der Waals surface area contributed by atoms with Crippen LogP contribution in [0.5, 0.6) is 0 Å². The number of anilines is 1. The standard InChI is InChI=1S/C14H21N3O3/c1-4-14(13(19)20)5-7-16(9-14)11-12(18)17(10(2)3)8-6-15-11/h6,8,10H,4-5,7,9H2,1-3H3,(H,19,20). The van der Waals surface area contributed by atoms with E-state index in [2.05, 4.69) is 4.98 Å². The minimum atomic E-state index is -0.789. The fourth-order valence-electron chi connectivity index (χ4n) is 2.71. The highest BCUT2D eigenvalue weighted by Gasteiger charge is 2.44. The lowest BCUT2D eigenvalue weighted by Gasteiger charge is -2.23. The van der Waals surface area contributed by atoms with Gasteiger partial charge in [0.05, 0.1) is 5.41 Å². The van der Waals surface area contributed by atoms with Gasteiger partial charge < -0.3 is 14.6 Å². The molecule has 110 valence electrons. The molecule has 20 heavy (non-hydrogen) atoms. The average Bonchev–Trinajstić information content (AvgIpc) is 2.84. The highest BCUT2D eigenvalue weighted by atomic mass is 16.4. The summed E-state index contributed by atoms with van der Waals surface area (Å²) in [6.07, 6.45) is 4.38. The molecule has 1 aliphatic rings. The van der Waals surface area contributed by atoms with E-state index in [1.807, 2.05) is 20.8 Å². The van der Waals surface area contributed by atoms with E-state index in [-0.39, 0.29) is 11.6 Å². The summed E-state index contributed by atoms with van der Waals surface area (Å²) in [7, 11) is 0. The number of carbonyl (C=O) groups is 1. The molecule has 0 spiro atoms. The van der Waals surface area contributed by atoms with E-state index in [0.29, 0.717) is 31.7 Å². The molecule has 1 N–H and O–H groups in total. The Morgan fingerprint density at radius 2 is 2.25 bits per heavy atom. The van der Waals surface area contributed by atoms with Gasteiger partial charge in [-0.15, -0.1) is 0 Å². The van der Waals surface area contributed by atoms with Crippen molar-refractivity contribution in [1.29, 1.82) is 0 Å². The predicted molar refractivity (Wildman–Crippen MR) is 76.1 cm³/mol. The Morgan fingerprint density at radius 1 is 1.55 bits per heavy atom. The van der Waals surface area contributed by atoms with Crippen LogP contribution in [0.1, 0.15) is 39.7 Å². The molecule has 6 nitrogen and oxygen atoms in total. The SMILES string of the molecule is CCC1(C(=O)O)CCN(c2nccn(C(C)C)c2=O)C1. The maximum absolute atomic E-state index is 12.4. The predicted octanol–water partition coefficient (Wildman–Crippen LogP) is 1.52. The minimum absolute atomic E-state index is 0.0576. The summed E-state index contributed by atoms with van der Waals surface area (Å²) in [5.74, 6) is -0.430. The van der Waals surface area contributed by atoms with Crippen LogP contribution < -0.4 is 10.5 Å². The quantitative estimate of drug-likeness (QED) is 0.904. The third kappa shape index (κ3) is 2.30. The second kappa shape index (κ2) is 5.26. The number of aliphatic carboxylic acids is 1. The van der Waals surface area contributed by atoms with Crippen LogP contribution in [0.25, 0.3) is 0 Å². The number of hydrogen-bond donors (Lipinski definition) is 1. The first kappa shape index (κ1) is 14.6. The number of nitrogens with zero attached hydrogens (tertiary/aromatic N) is 3. The molecule has 1 unspecified atom stereocenters. The third-order valence-corrected chi connectivity index (χ3v) is 4.19. The van der Waals surface area contributed by atoms with Crippen molar-refractivity contribution in [3.8, 4) is 0 Å². The van der Waals surface area contributed by atoms with Gasteiger partial charge in [0.1, 0.15) is 0 Å². The van der Waals surface area contributed by atoms with Crippen LogP contribution in [-0.2, 0) is 4.79 Å². The van der Waals surface area contributed by atoms with Gasteiger partial charge in [-0.05, 0) is 26.7 Å². The molecule has 1 fully saturated rings. The van der Waals surface area contributed by atoms with Crippen LogP contribution in [0, 0.1) is 5.41 Å². The molecule has 0 aromatic carbocycles. The molecule has 0 saturated carbocycles. The minimum Gasteiger partial charge on any atom is -0.481 e. The maximum atomic E-state index is 12.4. The lowest BCUT2D eigenvalue weighted by Crippen LogP contribution is -2.37. The fraction of sp³-hybridized carbons (Fsp3) is 0.643. The van der Waals surface area contributed by atoms with Gasteiger partial charge in [-0.1, -0.05) is 6.92 Å². The van der Waals surface area contributed by atoms with Crippen molar-refractivity contribution in [3.63, 3.8) is 0 Å². The number of carboxylic acid groups (broad SMARTS) is 1. The molecule has 1 atom stereocenters. The second-order valence-electron chi connectivity index (χ2n) is 5.67. The Bertz CT molecular complexity index is 567. The van der Waals surface area contributed by atoms with Gasteiger partial charge >= 0.3 is 5.97 Å². The molecule has 0 radical (unpaired) electrons. The van der Waals surface area contributed by atoms with Gasteiger partial charge in [0.25, 0.3) is 5.56 Å². The largest absolute Gasteiger partial charge is 0.481 e. The van der Waals surface area contributed by atoms with Crippen LogP contribution in [0.4, 0.5) is 5.82 Å². The Kier molecular flexibility index (Phi) is 3.83. The van der Waals surface area contributed by atoms with E-state index < -0.39 is 11.4 Å². The Hall–Kier alpha value is -1.85.